The molecule has 0 radical (unpaired) electrons. The molecule has 18 heavy (non-hydrogen) atoms. The molecule has 0 aliphatic rings. The van der Waals surface area contributed by atoms with Gasteiger partial charge in [-0.3, -0.25) is 0 Å². The maximum atomic E-state index is 10.6. The summed E-state index contributed by atoms with van der Waals surface area (Å²) >= 11 is 5.83. The lowest BCUT2D eigenvalue weighted by Gasteiger charge is -2.07. The summed E-state index contributed by atoms with van der Waals surface area (Å²) in [6.45, 7) is 2.06. The van der Waals surface area contributed by atoms with Crippen LogP contribution in [0.3, 0.4) is 0 Å². The number of benzene rings is 1. The predicted octanol–water partition coefficient (Wildman–Crippen LogP) is 3.52. The third kappa shape index (κ3) is 2.84. The molecule has 0 unspecified atom stereocenters. The summed E-state index contributed by atoms with van der Waals surface area (Å²) in [6.07, 6.45) is 0. The number of furan rings is 1. The van der Waals surface area contributed by atoms with Gasteiger partial charge < -0.3 is 14.3 Å². The fourth-order valence-corrected chi connectivity index (χ4v) is 1.72. The van der Waals surface area contributed by atoms with Gasteiger partial charge in [-0.15, -0.1) is 0 Å². The smallest absolute Gasteiger partial charge is 0.371 e. The predicted molar refractivity (Wildman–Crippen MR) is 66.2 cm³/mol. The maximum Gasteiger partial charge on any atom is 0.371 e. The summed E-state index contributed by atoms with van der Waals surface area (Å²) in [5.41, 5.74) is 0.910. The number of carbonyl (C=O) groups is 1. The number of hydrogen-bond acceptors (Lipinski definition) is 3. The largest absolute Gasteiger partial charge is 0.485 e. The van der Waals surface area contributed by atoms with E-state index in [1.165, 1.54) is 6.07 Å². The Morgan fingerprint density at radius 3 is 2.78 bits per heavy atom. The minimum Gasteiger partial charge on any atom is -0.485 e. The molecular formula is C13H11ClO4. The second-order valence-corrected chi connectivity index (χ2v) is 4.21. The zero-order valence-electron chi connectivity index (χ0n) is 9.64. The molecule has 2 rings (SSSR count). The topological polar surface area (TPSA) is 59.7 Å². The average molecular weight is 267 g/mol. The fraction of sp³-hybridized carbons (Fsp3) is 0.154. The zero-order chi connectivity index (χ0) is 13.1. The average Bonchev–Trinajstić information content (AvgIpc) is 2.76. The molecule has 2 aromatic rings. The monoisotopic (exact) mass is 266 g/mol. The Morgan fingerprint density at radius 1 is 1.39 bits per heavy atom. The summed E-state index contributed by atoms with van der Waals surface area (Å²) in [5, 5.41) is 9.35. The molecule has 1 aromatic carbocycles. The maximum absolute atomic E-state index is 10.6. The number of aromatic carboxylic acids is 1. The van der Waals surface area contributed by atoms with Gasteiger partial charge in [0.1, 0.15) is 18.1 Å². The van der Waals surface area contributed by atoms with E-state index in [2.05, 4.69) is 0 Å². The summed E-state index contributed by atoms with van der Waals surface area (Å²) in [7, 11) is 0. The van der Waals surface area contributed by atoms with Crippen molar-refractivity contribution in [3.05, 3.63) is 52.4 Å². The van der Waals surface area contributed by atoms with Gasteiger partial charge in [0.15, 0.2) is 0 Å². The Morgan fingerprint density at radius 2 is 2.17 bits per heavy atom. The van der Waals surface area contributed by atoms with Crippen LogP contribution in [0.4, 0.5) is 0 Å². The highest BCUT2D eigenvalue weighted by Crippen LogP contribution is 2.23. The van der Waals surface area contributed by atoms with E-state index < -0.39 is 5.97 Å². The molecule has 0 amide bonds. The molecule has 1 aromatic heterocycles. The second-order valence-electron chi connectivity index (χ2n) is 3.77. The van der Waals surface area contributed by atoms with Gasteiger partial charge in [-0.1, -0.05) is 11.6 Å². The van der Waals surface area contributed by atoms with Crippen LogP contribution in [-0.4, -0.2) is 11.1 Å². The lowest BCUT2D eigenvalue weighted by molar-refractivity contribution is 0.0658. The van der Waals surface area contributed by atoms with Gasteiger partial charge in [-0.25, -0.2) is 4.79 Å². The number of ether oxygens (including phenoxy) is 1. The molecule has 1 heterocycles. The Labute approximate surface area is 109 Å². The van der Waals surface area contributed by atoms with Crippen LogP contribution in [0.2, 0.25) is 5.02 Å². The van der Waals surface area contributed by atoms with Crippen LogP contribution >= 0.6 is 11.6 Å². The van der Waals surface area contributed by atoms with Crippen molar-refractivity contribution in [1.82, 2.24) is 0 Å². The summed E-state index contributed by atoms with van der Waals surface area (Å²) in [4.78, 5) is 10.6. The van der Waals surface area contributed by atoms with E-state index in [0.717, 1.165) is 5.56 Å². The molecule has 0 fully saturated rings. The summed E-state index contributed by atoms with van der Waals surface area (Å²) < 4.78 is 10.6. The van der Waals surface area contributed by atoms with Crippen LogP contribution in [0.5, 0.6) is 5.75 Å². The molecule has 4 nitrogen and oxygen atoms in total. The molecule has 0 bridgehead atoms. The number of carboxylic acids is 1. The third-order valence-electron chi connectivity index (χ3n) is 2.38. The molecule has 0 spiro atoms. The summed E-state index contributed by atoms with van der Waals surface area (Å²) in [5.74, 6) is -0.0419. The van der Waals surface area contributed by atoms with E-state index in [4.69, 9.17) is 25.9 Å². The minimum absolute atomic E-state index is 0.0959. The first-order valence-electron chi connectivity index (χ1n) is 5.27. The van der Waals surface area contributed by atoms with Crippen LogP contribution in [-0.2, 0) is 6.61 Å². The molecule has 1 N–H and O–H groups in total. The third-order valence-corrected chi connectivity index (χ3v) is 2.61. The standard InChI is InChI=1S/C13H11ClO4/c1-8-6-9(14)2-4-11(8)17-7-10-3-5-12(18-10)13(15)16/h2-6H,7H2,1H3,(H,15,16). The first-order chi connectivity index (χ1) is 8.56. The number of halogens is 1. The molecular weight excluding hydrogens is 256 g/mol. The van der Waals surface area contributed by atoms with Gasteiger partial charge >= 0.3 is 5.97 Å². The number of aryl methyl sites for hydroxylation is 1. The molecule has 0 aliphatic heterocycles. The van der Waals surface area contributed by atoms with Gasteiger partial charge in [0.25, 0.3) is 0 Å². The molecule has 5 heteroatoms. The SMILES string of the molecule is Cc1cc(Cl)ccc1OCc1ccc(C(=O)O)o1. The van der Waals surface area contributed by atoms with Crippen molar-refractivity contribution in [3.8, 4) is 5.75 Å². The van der Waals surface area contributed by atoms with Crippen molar-refractivity contribution in [3.63, 3.8) is 0 Å². The first kappa shape index (κ1) is 12.5. The van der Waals surface area contributed by atoms with Gasteiger partial charge in [-0.2, -0.15) is 0 Å². The van der Waals surface area contributed by atoms with E-state index in [1.54, 1.807) is 24.3 Å². The van der Waals surface area contributed by atoms with Crippen molar-refractivity contribution in [1.29, 1.82) is 0 Å². The lowest BCUT2D eigenvalue weighted by atomic mass is 10.2. The Kier molecular flexibility index (Phi) is 3.58. The van der Waals surface area contributed by atoms with Crippen LogP contribution < -0.4 is 4.74 Å². The molecule has 94 valence electrons. The highest BCUT2D eigenvalue weighted by atomic mass is 35.5. The van der Waals surface area contributed by atoms with Crippen molar-refractivity contribution in [2.45, 2.75) is 13.5 Å². The first-order valence-corrected chi connectivity index (χ1v) is 5.65. The molecule has 0 saturated heterocycles. The van der Waals surface area contributed by atoms with Crippen LogP contribution in [0, 0.1) is 6.92 Å². The van der Waals surface area contributed by atoms with E-state index >= 15 is 0 Å². The Balaban J connectivity index is 2.04. The molecule has 0 saturated carbocycles. The Hall–Kier alpha value is -1.94. The summed E-state index contributed by atoms with van der Waals surface area (Å²) in [6, 6.07) is 8.26. The highest BCUT2D eigenvalue weighted by molar-refractivity contribution is 6.30. The fourth-order valence-electron chi connectivity index (χ4n) is 1.49. The Bertz CT molecular complexity index is 574. The number of carboxylic acid groups (broad SMARTS) is 1. The lowest BCUT2D eigenvalue weighted by Crippen LogP contribution is -1.96. The van der Waals surface area contributed by atoms with Gasteiger partial charge in [-0.05, 0) is 42.8 Å². The van der Waals surface area contributed by atoms with Gasteiger partial charge in [0.05, 0.1) is 0 Å². The van der Waals surface area contributed by atoms with Crippen LogP contribution in [0.1, 0.15) is 21.9 Å². The number of rotatable bonds is 4. The van der Waals surface area contributed by atoms with Crippen molar-refractivity contribution in [2.24, 2.45) is 0 Å². The van der Waals surface area contributed by atoms with Gasteiger partial charge in [0.2, 0.25) is 5.76 Å². The van der Waals surface area contributed by atoms with E-state index in [-0.39, 0.29) is 12.4 Å². The van der Waals surface area contributed by atoms with Crippen molar-refractivity contribution >= 4 is 17.6 Å². The van der Waals surface area contributed by atoms with Crippen LogP contribution in [0.25, 0.3) is 0 Å². The molecule has 0 aliphatic carbocycles. The van der Waals surface area contributed by atoms with Crippen molar-refractivity contribution in [2.75, 3.05) is 0 Å². The highest BCUT2D eigenvalue weighted by Gasteiger charge is 2.09. The van der Waals surface area contributed by atoms with Gasteiger partial charge in [0, 0.05) is 5.02 Å². The van der Waals surface area contributed by atoms with Crippen LogP contribution in [0.15, 0.2) is 34.7 Å². The minimum atomic E-state index is -1.09. The zero-order valence-corrected chi connectivity index (χ0v) is 10.4. The second kappa shape index (κ2) is 5.14. The van der Waals surface area contributed by atoms with E-state index in [9.17, 15) is 4.79 Å². The van der Waals surface area contributed by atoms with E-state index in [1.807, 2.05) is 6.92 Å². The number of hydrogen-bond donors (Lipinski definition) is 1. The molecule has 0 atom stereocenters. The normalized spacial score (nSPS) is 10.3. The quantitative estimate of drug-likeness (QED) is 0.920. The van der Waals surface area contributed by atoms with Crippen molar-refractivity contribution < 1.29 is 19.1 Å². The van der Waals surface area contributed by atoms with E-state index in [0.29, 0.717) is 16.5 Å².